The van der Waals surface area contributed by atoms with Crippen molar-refractivity contribution in [3.63, 3.8) is 0 Å². The zero-order chi connectivity index (χ0) is 16.1. The van der Waals surface area contributed by atoms with Gasteiger partial charge in [0.2, 0.25) is 5.82 Å². The highest BCUT2D eigenvalue weighted by Crippen LogP contribution is 2.33. The lowest BCUT2D eigenvalue weighted by Gasteiger charge is -2.25. The van der Waals surface area contributed by atoms with Gasteiger partial charge >= 0.3 is 0 Å². The first-order valence-electron chi connectivity index (χ1n) is 8.74. The Kier molecular flexibility index (Phi) is 3.45. The Bertz CT molecular complexity index is 751. The minimum absolute atomic E-state index is 0.0526. The Labute approximate surface area is 144 Å². The first-order valence-corrected chi connectivity index (χ1v) is 9.62. The monoisotopic (exact) mass is 343 g/mol. The highest BCUT2D eigenvalue weighted by Gasteiger charge is 2.39. The molecule has 1 amide bonds. The Morgan fingerprint density at radius 2 is 2.12 bits per heavy atom. The number of rotatable bonds is 4. The quantitative estimate of drug-likeness (QED) is 0.915. The van der Waals surface area contributed by atoms with Gasteiger partial charge in [0.05, 0.1) is 0 Å². The van der Waals surface area contributed by atoms with E-state index >= 15 is 0 Å². The smallest absolute Gasteiger partial charge is 0.289 e. The zero-order valence-corrected chi connectivity index (χ0v) is 14.3. The van der Waals surface area contributed by atoms with Crippen molar-refractivity contribution < 1.29 is 4.79 Å². The van der Waals surface area contributed by atoms with Crippen LogP contribution in [0.25, 0.3) is 0 Å². The summed E-state index contributed by atoms with van der Waals surface area (Å²) in [7, 11) is 0. The third-order valence-corrected chi connectivity index (χ3v) is 6.28. The molecular weight excluding hydrogens is 322 g/mol. The first-order chi connectivity index (χ1) is 11.8. The van der Waals surface area contributed by atoms with Crippen LogP contribution < -0.4 is 5.32 Å². The molecule has 2 atom stereocenters. The number of thiophene rings is 1. The van der Waals surface area contributed by atoms with Crippen molar-refractivity contribution in [3.8, 4) is 0 Å². The average molecular weight is 343 g/mol. The normalized spacial score (nSPS) is 26.2. The number of hydrogen-bond acceptors (Lipinski definition) is 5. The van der Waals surface area contributed by atoms with Crippen molar-refractivity contribution in [1.82, 2.24) is 25.0 Å². The van der Waals surface area contributed by atoms with E-state index in [4.69, 9.17) is 0 Å². The fourth-order valence-corrected chi connectivity index (χ4v) is 4.76. The number of nitrogens with zero attached hydrogens (tertiary/aromatic N) is 4. The van der Waals surface area contributed by atoms with E-state index in [-0.39, 0.29) is 5.91 Å². The molecule has 2 aromatic rings. The van der Waals surface area contributed by atoms with Gasteiger partial charge in [-0.05, 0) is 36.1 Å². The van der Waals surface area contributed by atoms with Gasteiger partial charge in [-0.2, -0.15) is 0 Å². The SMILES string of the molecule is O=C(NC1CC1)c1nnc2n1CC1CN(Cc3cccs3)CC1C2. The third kappa shape index (κ3) is 2.65. The Balaban J connectivity index is 1.30. The summed E-state index contributed by atoms with van der Waals surface area (Å²) in [6.45, 7) is 4.14. The molecule has 0 aromatic carbocycles. The predicted octanol–water partition coefficient (Wildman–Crippen LogP) is 1.54. The minimum atomic E-state index is -0.0526. The van der Waals surface area contributed by atoms with Crippen LogP contribution in [0.4, 0.5) is 0 Å². The lowest BCUT2D eigenvalue weighted by Crippen LogP contribution is -2.33. The van der Waals surface area contributed by atoms with Crippen LogP contribution in [0.3, 0.4) is 0 Å². The number of nitrogens with one attached hydrogen (secondary N) is 1. The summed E-state index contributed by atoms with van der Waals surface area (Å²) in [5.41, 5.74) is 0. The van der Waals surface area contributed by atoms with Gasteiger partial charge in [-0.3, -0.25) is 9.69 Å². The van der Waals surface area contributed by atoms with E-state index in [1.807, 2.05) is 11.3 Å². The lowest BCUT2D eigenvalue weighted by atomic mass is 9.89. The Hall–Kier alpha value is -1.73. The van der Waals surface area contributed by atoms with Crippen molar-refractivity contribution in [3.05, 3.63) is 34.0 Å². The largest absolute Gasteiger partial charge is 0.347 e. The maximum Gasteiger partial charge on any atom is 0.289 e. The van der Waals surface area contributed by atoms with Crippen LogP contribution in [-0.2, 0) is 19.5 Å². The molecule has 4 heterocycles. The van der Waals surface area contributed by atoms with Gasteiger partial charge in [0.15, 0.2) is 0 Å². The number of likely N-dealkylation sites (tertiary alicyclic amines) is 1. The summed E-state index contributed by atoms with van der Waals surface area (Å²) in [6.07, 6.45) is 3.12. The number of fused-ring (bicyclic) bond motifs is 2. The molecule has 126 valence electrons. The molecule has 1 N–H and O–H groups in total. The van der Waals surface area contributed by atoms with Gasteiger partial charge in [0.1, 0.15) is 5.82 Å². The highest BCUT2D eigenvalue weighted by atomic mass is 32.1. The average Bonchev–Trinajstić information content (AvgIpc) is 2.99. The molecule has 3 aliphatic rings. The maximum atomic E-state index is 12.4. The number of amides is 1. The molecule has 2 aliphatic heterocycles. The second-order valence-electron chi connectivity index (χ2n) is 7.30. The fraction of sp³-hybridized carbons (Fsp3) is 0.588. The summed E-state index contributed by atoms with van der Waals surface area (Å²) in [5, 5.41) is 13.7. The number of carbonyl (C=O) groups excluding carboxylic acids is 1. The van der Waals surface area contributed by atoms with Gasteiger partial charge in [0, 0.05) is 43.5 Å². The summed E-state index contributed by atoms with van der Waals surface area (Å²) in [4.78, 5) is 16.3. The van der Waals surface area contributed by atoms with Crippen molar-refractivity contribution in [2.45, 2.75) is 38.4 Å². The van der Waals surface area contributed by atoms with Crippen LogP contribution in [0.1, 0.15) is 34.2 Å². The molecule has 24 heavy (non-hydrogen) atoms. The maximum absolute atomic E-state index is 12.4. The van der Waals surface area contributed by atoms with Gasteiger partial charge in [-0.25, -0.2) is 0 Å². The highest BCUT2D eigenvalue weighted by molar-refractivity contribution is 7.09. The van der Waals surface area contributed by atoms with E-state index in [9.17, 15) is 4.79 Å². The third-order valence-electron chi connectivity index (χ3n) is 5.42. The fourth-order valence-electron chi connectivity index (χ4n) is 4.02. The van der Waals surface area contributed by atoms with Crippen LogP contribution in [0.2, 0.25) is 0 Å². The van der Waals surface area contributed by atoms with E-state index in [0.29, 0.717) is 23.7 Å². The molecule has 2 fully saturated rings. The molecule has 2 unspecified atom stereocenters. The van der Waals surface area contributed by atoms with Crippen LogP contribution in [-0.4, -0.2) is 44.7 Å². The summed E-state index contributed by atoms with van der Waals surface area (Å²) < 4.78 is 2.06. The lowest BCUT2D eigenvalue weighted by molar-refractivity contribution is 0.0932. The number of hydrogen-bond donors (Lipinski definition) is 1. The number of aromatic nitrogens is 3. The first kappa shape index (κ1) is 14.6. The molecular formula is C17H21N5OS. The van der Waals surface area contributed by atoms with Crippen LogP contribution in [0.15, 0.2) is 17.5 Å². The second kappa shape index (κ2) is 5.67. The van der Waals surface area contributed by atoms with E-state index < -0.39 is 0 Å². The molecule has 1 aliphatic carbocycles. The van der Waals surface area contributed by atoms with E-state index in [1.165, 1.54) is 4.88 Å². The topological polar surface area (TPSA) is 63.1 Å². The minimum Gasteiger partial charge on any atom is -0.347 e. The second-order valence-corrected chi connectivity index (χ2v) is 8.33. The van der Waals surface area contributed by atoms with Crippen molar-refractivity contribution in [2.75, 3.05) is 13.1 Å². The summed E-state index contributed by atoms with van der Waals surface area (Å²) in [6, 6.07) is 4.69. The van der Waals surface area contributed by atoms with Gasteiger partial charge in [0.25, 0.3) is 5.91 Å². The molecule has 5 rings (SSSR count). The molecule has 0 radical (unpaired) electrons. The van der Waals surface area contributed by atoms with E-state index in [0.717, 1.165) is 51.3 Å². The molecule has 0 bridgehead atoms. The Morgan fingerprint density at radius 1 is 1.25 bits per heavy atom. The van der Waals surface area contributed by atoms with E-state index in [2.05, 4.69) is 42.5 Å². The van der Waals surface area contributed by atoms with Crippen molar-refractivity contribution in [2.24, 2.45) is 11.8 Å². The predicted molar refractivity (Wildman–Crippen MR) is 90.8 cm³/mol. The van der Waals surface area contributed by atoms with Gasteiger partial charge < -0.3 is 9.88 Å². The van der Waals surface area contributed by atoms with E-state index in [1.54, 1.807) is 0 Å². The standard InChI is InChI=1S/C17H21N5OS/c23-17(18-13-3-4-13)16-20-19-15-6-11-7-21(8-12(11)9-22(15)16)10-14-2-1-5-24-14/h1-2,5,11-13H,3-4,6-10H2,(H,18,23). The van der Waals surface area contributed by atoms with Gasteiger partial charge in [-0.15, -0.1) is 21.5 Å². The molecule has 7 heteroatoms. The number of carbonyl (C=O) groups is 1. The molecule has 6 nitrogen and oxygen atoms in total. The van der Waals surface area contributed by atoms with Crippen molar-refractivity contribution >= 4 is 17.2 Å². The molecule has 1 saturated heterocycles. The molecule has 2 aromatic heterocycles. The van der Waals surface area contributed by atoms with Crippen LogP contribution in [0, 0.1) is 11.8 Å². The molecule has 1 saturated carbocycles. The molecule has 0 spiro atoms. The zero-order valence-electron chi connectivity index (χ0n) is 13.5. The summed E-state index contributed by atoms with van der Waals surface area (Å²) in [5.74, 6) is 2.67. The van der Waals surface area contributed by atoms with Crippen LogP contribution in [0.5, 0.6) is 0 Å². The van der Waals surface area contributed by atoms with Crippen molar-refractivity contribution in [1.29, 1.82) is 0 Å². The Morgan fingerprint density at radius 3 is 2.92 bits per heavy atom. The summed E-state index contributed by atoms with van der Waals surface area (Å²) >= 11 is 1.83. The van der Waals surface area contributed by atoms with Crippen LogP contribution >= 0.6 is 11.3 Å². The van der Waals surface area contributed by atoms with Gasteiger partial charge in [-0.1, -0.05) is 6.07 Å².